The first-order chi connectivity index (χ1) is 7.03. The zero-order valence-corrected chi connectivity index (χ0v) is 10.0. The van der Waals surface area contributed by atoms with E-state index in [9.17, 15) is 4.79 Å². The number of carbonyl (C=O) groups is 1. The van der Waals surface area contributed by atoms with Crippen molar-refractivity contribution >= 4 is 5.78 Å². The highest BCUT2D eigenvalue weighted by molar-refractivity contribution is 5.91. The third kappa shape index (κ3) is 2.37. The van der Waals surface area contributed by atoms with Crippen LogP contribution in [-0.2, 0) is 9.53 Å². The lowest BCUT2D eigenvalue weighted by Gasteiger charge is -2.27. The molecule has 1 aliphatic rings. The van der Waals surface area contributed by atoms with Crippen LogP contribution in [0.3, 0.4) is 0 Å². The second-order valence-electron chi connectivity index (χ2n) is 4.63. The van der Waals surface area contributed by atoms with Gasteiger partial charge < -0.3 is 4.74 Å². The van der Waals surface area contributed by atoms with Gasteiger partial charge in [0, 0.05) is 13.5 Å². The van der Waals surface area contributed by atoms with E-state index in [0.717, 1.165) is 5.57 Å². The Morgan fingerprint density at radius 1 is 1.53 bits per heavy atom. The highest BCUT2D eigenvalue weighted by atomic mass is 16.5. The molecule has 0 aromatic rings. The number of methoxy groups -OCH3 is 1. The third-order valence-electron chi connectivity index (χ3n) is 2.89. The second-order valence-corrected chi connectivity index (χ2v) is 4.63. The van der Waals surface area contributed by atoms with E-state index in [2.05, 4.69) is 13.8 Å². The van der Waals surface area contributed by atoms with Crippen molar-refractivity contribution in [3.8, 4) is 0 Å². The molecule has 0 saturated heterocycles. The third-order valence-corrected chi connectivity index (χ3v) is 2.89. The maximum absolute atomic E-state index is 12.2. The molecule has 0 aromatic heterocycles. The summed E-state index contributed by atoms with van der Waals surface area (Å²) < 4.78 is 5.19. The van der Waals surface area contributed by atoms with E-state index < -0.39 is 5.41 Å². The molecular weight excluding hydrogens is 188 g/mol. The first-order valence-corrected chi connectivity index (χ1v) is 5.42. The molecule has 0 spiro atoms. The maximum Gasteiger partial charge on any atom is 0.149 e. The van der Waals surface area contributed by atoms with Gasteiger partial charge in [-0.15, -0.1) is 0 Å². The van der Waals surface area contributed by atoms with Crippen molar-refractivity contribution in [2.75, 3.05) is 13.7 Å². The summed E-state index contributed by atoms with van der Waals surface area (Å²) in [6.07, 6.45) is 6.53. The predicted octanol–water partition coefficient (Wildman–Crippen LogP) is 2.75. The molecule has 0 N–H and O–H groups in total. The molecule has 1 atom stereocenters. The minimum absolute atomic E-state index is 0.266. The van der Waals surface area contributed by atoms with Crippen molar-refractivity contribution in [2.45, 2.75) is 27.2 Å². The SMILES string of the molecule is COCC1(C(=O)CC(C)C)C=CC=C1C. The number of hydrogen-bond donors (Lipinski definition) is 0. The van der Waals surface area contributed by atoms with Crippen LogP contribution in [0.5, 0.6) is 0 Å². The lowest BCUT2D eigenvalue weighted by Crippen LogP contribution is -2.34. The van der Waals surface area contributed by atoms with Crippen LogP contribution in [0.1, 0.15) is 27.2 Å². The molecule has 1 unspecified atom stereocenters. The topological polar surface area (TPSA) is 26.3 Å². The Morgan fingerprint density at radius 3 is 2.60 bits per heavy atom. The molecule has 0 aromatic carbocycles. The molecule has 0 saturated carbocycles. The first-order valence-electron chi connectivity index (χ1n) is 5.42. The molecule has 0 heterocycles. The van der Waals surface area contributed by atoms with Crippen molar-refractivity contribution in [1.82, 2.24) is 0 Å². The molecule has 0 aliphatic heterocycles. The number of rotatable bonds is 5. The Kier molecular flexibility index (Phi) is 3.86. The van der Waals surface area contributed by atoms with Gasteiger partial charge in [0.2, 0.25) is 0 Å². The molecule has 1 aliphatic carbocycles. The summed E-state index contributed by atoms with van der Waals surface area (Å²) in [5.41, 5.74) is 0.606. The minimum atomic E-state index is -0.487. The van der Waals surface area contributed by atoms with Gasteiger partial charge in [0.1, 0.15) is 5.78 Å². The molecule has 2 heteroatoms. The maximum atomic E-state index is 12.2. The standard InChI is InChI=1S/C13H20O2/c1-10(2)8-12(14)13(9-15-4)7-5-6-11(13)3/h5-7,10H,8-9H2,1-4H3. The number of Topliss-reactive ketones (excluding diaryl/α,β-unsaturated/α-hetero) is 1. The molecule has 15 heavy (non-hydrogen) atoms. The van der Waals surface area contributed by atoms with Crippen LogP contribution in [0.2, 0.25) is 0 Å². The molecular formula is C13H20O2. The molecule has 84 valence electrons. The number of ketones is 1. The lowest BCUT2D eigenvalue weighted by atomic mass is 9.77. The summed E-state index contributed by atoms with van der Waals surface area (Å²) in [5.74, 6) is 0.662. The van der Waals surface area contributed by atoms with Crippen LogP contribution >= 0.6 is 0 Å². The van der Waals surface area contributed by atoms with Gasteiger partial charge in [-0.3, -0.25) is 4.79 Å². The summed E-state index contributed by atoms with van der Waals surface area (Å²) in [7, 11) is 1.64. The Morgan fingerprint density at radius 2 is 2.20 bits per heavy atom. The largest absolute Gasteiger partial charge is 0.383 e. The second kappa shape index (κ2) is 4.75. The molecule has 2 nitrogen and oxygen atoms in total. The average molecular weight is 208 g/mol. The Bertz CT molecular complexity index is 300. The molecule has 0 bridgehead atoms. The van der Waals surface area contributed by atoms with Gasteiger partial charge in [-0.1, -0.05) is 37.6 Å². The van der Waals surface area contributed by atoms with Crippen molar-refractivity contribution in [2.24, 2.45) is 11.3 Å². The predicted molar refractivity (Wildman–Crippen MR) is 61.7 cm³/mol. The summed E-state index contributed by atoms with van der Waals surface area (Å²) in [5, 5.41) is 0. The number of ether oxygens (including phenoxy) is 1. The number of carbonyl (C=O) groups excluding carboxylic acids is 1. The van der Waals surface area contributed by atoms with Gasteiger partial charge >= 0.3 is 0 Å². The van der Waals surface area contributed by atoms with Crippen molar-refractivity contribution in [3.63, 3.8) is 0 Å². The van der Waals surface area contributed by atoms with Gasteiger partial charge in [0.15, 0.2) is 0 Å². The van der Waals surface area contributed by atoms with E-state index in [1.807, 2.05) is 25.2 Å². The van der Waals surface area contributed by atoms with Crippen LogP contribution in [0, 0.1) is 11.3 Å². The smallest absolute Gasteiger partial charge is 0.149 e. The van der Waals surface area contributed by atoms with Crippen LogP contribution in [0.25, 0.3) is 0 Å². The van der Waals surface area contributed by atoms with Gasteiger partial charge in [0.25, 0.3) is 0 Å². The van der Waals surface area contributed by atoms with Crippen molar-refractivity contribution in [3.05, 3.63) is 23.8 Å². The molecule has 1 rings (SSSR count). The summed E-state index contributed by atoms with van der Waals surface area (Å²) >= 11 is 0. The van der Waals surface area contributed by atoms with Gasteiger partial charge in [-0.05, 0) is 12.8 Å². The van der Waals surface area contributed by atoms with Crippen molar-refractivity contribution in [1.29, 1.82) is 0 Å². The Labute approximate surface area is 92.0 Å². The summed E-state index contributed by atoms with van der Waals surface area (Å²) in [6, 6.07) is 0. The Balaban J connectivity index is 2.88. The highest BCUT2D eigenvalue weighted by Crippen LogP contribution is 2.36. The zero-order valence-electron chi connectivity index (χ0n) is 10.0. The van der Waals surface area contributed by atoms with E-state index >= 15 is 0 Å². The number of hydrogen-bond acceptors (Lipinski definition) is 2. The first kappa shape index (κ1) is 12.2. The fourth-order valence-corrected chi connectivity index (χ4v) is 1.97. The van der Waals surface area contributed by atoms with Crippen LogP contribution in [-0.4, -0.2) is 19.5 Å². The highest BCUT2D eigenvalue weighted by Gasteiger charge is 2.38. The van der Waals surface area contributed by atoms with Gasteiger partial charge in [-0.25, -0.2) is 0 Å². The fourth-order valence-electron chi connectivity index (χ4n) is 1.97. The van der Waals surface area contributed by atoms with E-state index in [0.29, 0.717) is 18.9 Å². The van der Waals surface area contributed by atoms with Crippen LogP contribution < -0.4 is 0 Å². The van der Waals surface area contributed by atoms with Gasteiger partial charge in [-0.2, -0.15) is 0 Å². The molecule has 0 amide bonds. The van der Waals surface area contributed by atoms with E-state index in [-0.39, 0.29) is 5.78 Å². The normalized spacial score (nSPS) is 24.7. The summed E-state index contributed by atoms with van der Waals surface area (Å²) in [6.45, 7) is 6.58. The zero-order chi connectivity index (χ0) is 11.5. The van der Waals surface area contributed by atoms with Crippen molar-refractivity contribution < 1.29 is 9.53 Å². The number of allylic oxidation sites excluding steroid dienone is 2. The van der Waals surface area contributed by atoms with E-state index in [1.54, 1.807) is 7.11 Å². The van der Waals surface area contributed by atoms with E-state index in [4.69, 9.17) is 4.74 Å². The quantitative estimate of drug-likeness (QED) is 0.694. The monoisotopic (exact) mass is 208 g/mol. The Hall–Kier alpha value is -0.890. The van der Waals surface area contributed by atoms with E-state index in [1.165, 1.54) is 0 Å². The van der Waals surface area contributed by atoms with Crippen LogP contribution in [0.4, 0.5) is 0 Å². The lowest BCUT2D eigenvalue weighted by molar-refractivity contribution is -0.127. The van der Waals surface area contributed by atoms with Gasteiger partial charge in [0.05, 0.1) is 12.0 Å². The fraction of sp³-hybridized carbons (Fsp3) is 0.615. The molecule has 0 radical (unpaired) electrons. The van der Waals surface area contributed by atoms with Crippen LogP contribution in [0.15, 0.2) is 23.8 Å². The molecule has 0 fully saturated rings. The minimum Gasteiger partial charge on any atom is -0.383 e. The summed E-state index contributed by atoms with van der Waals surface area (Å²) in [4.78, 5) is 12.2. The average Bonchev–Trinajstić information content (AvgIpc) is 2.48.